The molecule has 1 aliphatic heterocycles. The Morgan fingerprint density at radius 2 is 1.50 bits per heavy atom. The van der Waals surface area contributed by atoms with Gasteiger partial charge in [0.15, 0.2) is 0 Å². The first-order valence-electron chi connectivity index (χ1n) is 6.68. The molecular formula is C13H25N. The fraction of sp³-hybridized carbons (Fsp3) is 1.00. The first-order valence-corrected chi connectivity index (χ1v) is 6.68. The van der Waals surface area contributed by atoms with Gasteiger partial charge in [-0.2, -0.15) is 0 Å². The second-order valence-electron chi connectivity index (χ2n) is 5.24. The minimum Gasteiger partial charge on any atom is -0.314 e. The number of rotatable bonds is 2. The first-order chi connectivity index (χ1) is 6.95. The molecular weight excluding hydrogens is 170 g/mol. The van der Waals surface area contributed by atoms with Gasteiger partial charge in [-0.25, -0.2) is 0 Å². The zero-order valence-electron chi connectivity index (χ0n) is 9.43. The van der Waals surface area contributed by atoms with E-state index < -0.39 is 0 Å². The quantitative estimate of drug-likeness (QED) is 0.665. The topological polar surface area (TPSA) is 12.0 Å². The molecule has 1 nitrogen and oxygen atoms in total. The largest absolute Gasteiger partial charge is 0.314 e. The van der Waals surface area contributed by atoms with Crippen molar-refractivity contribution in [3.05, 3.63) is 0 Å². The third-order valence-electron chi connectivity index (χ3n) is 4.00. The SMILES string of the molecule is C1CCCC(CC2CCCCN2)CC1. The number of hydrogen-bond donors (Lipinski definition) is 1. The Morgan fingerprint density at radius 3 is 2.14 bits per heavy atom. The summed E-state index contributed by atoms with van der Waals surface area (Å²) in [7, 11) is 0. The number of hydrogen-bond acceptors (Lipinski definition) is 1. The van der Waals surface area contributed by atoms with Gasteiger partial charge in [-0.3, -0.25) is 0 Å². The summed E-state index contributed by atoms with van der Waals surface area (Å²) in [4.78, 5) is 0. The third-order valence-corrected chi connectivity index (χ3v) is 4.00. The van der Waals surface area contributed by atoms with Crippen LogP contribution in [-0.2, 0) is 0 Å². The summed E-state index contributed by atoms with van der Waals surface area (Å²) in [6.45, 7) is 1.28. The first kappa shape index (κ1) is 10.5. The van der Waals surface area contributed by atoms with Crippen LogP contribution in [0.15, 0.2) is 0 Å². The van der Waals surface area contributed by atoms with Gasteiger partial charge < -0.3 is 5.32 Å². The molecule has 14 heavy (non-hydrogen) atoms. The fourth-order valence-corrected chi connectivity index (χ4v) is 3.13. The highest BCUT2D eigenvalue weighted by molar-refractivity contribution is 4.76. The van der Waals surface area contributed by atoms with Gasteiger partial charge in [0.2, 0.25) is 0 Å². The lowest BCUT2D eigenvalue weighted by molar-refractivity contribution is 0.308. The molecule has 0 aromatic heterocycles. The fourth-order valence-electron chi connectivity index (χ4n) is 3.13. The zero-order chi connectivity index (χ0) is 9.64. The molecule has 1 N–H and O–H groups in total. The highest BCUT2D eigenvalue weighted by Crippen LogP contribution is 2.28. The average molecular weight is 195 g/mol. The van der Waals surface area contributed by atoms with Gasteiger partial charge in [-0.05, 0) is 31.7 Å². The van der Waals surface area contributed by atoms with Crippen molar-refractivity contribution in [3.63, 3.8) is 0 Å². The maximum absolute atomic E-state index is 3.69. The summed E-state index contributed by atoms with van der Waals surface area (Å²) < 4.78 is 0. The van der Waals surface area contributed by atoms with E-state index in [4.69, 9.17) is 0 Å². The van der Waals surface area contributed by atoms with Crippen LogP contribution < -0.4 is 5.32 Å². The zero-order valence-corrected chi connectivity index (χ0v) is 9.43. The molecule has 2 rings (SSSR count). The highest BCUT2D eigenvalue weighted by Gasteiger charge is 2.19. The molecule has 82 valence electrons. The minimum atomic E-state index is 0.867. The van der Waals surface area contributed by atoms with Crippen LogP contribution in [0.1, 0.15) is 64.2 Å². The molecule has 1 saturated carbocycles. The van der Waals surface area contributed by atoms with Crippen LogP contribution in [0.25, 0.3) is 0 Å². The molecule has 0 aromatic carbocycles. The molecule has 0 amide bonds. The molecule has 0 spiro atoms. The summed E-state index contributed by atoms with van der Waals surface area (Å²) in [6, 6.07) is 0.867. The molecule has 2 fully saturated rings. The molecule has 1 saturated heterocycles. The summed E-state index contributed by atoms with van der Waals surface area (Å²) in [5.41, 5.74) is 0. The predicted molar refractivity (Wildman–Crippen MR) is 61.5 cm³/mol. The van der Waals surface area contributed by atoms with E-state index in [1.807, 2.05) is 0 Å². The van der Waals surface area contributed by atoms with Crippen LogP contribution in [0.2, 0.25) is 0 Å². The van der Waals surface area contributed by atoms with Crippen molar-refractivity contribution < 1.29 is 0 Å². The van der Waals surface area contributed by atoms with Gasteiger partial charge in [-0.1, -0.05) is 44.9 Å². The molecule has 1 unspecified atom stereocenters. The Morgan fingerprint density at radius 1 is 0.786 bits per heavy atom. The van der Waals surface area contributed by atoms with E-state index in [0.717, 1.165) is 12.0 Å². The molecule has 1 heteroatoms. The van der Waals surface area contributed by atoms with Crippen LogP contribution in [0.4, 0.5) is 0 Å². The number of piperidine rings is 1. The Kier molecular flexibility index (Phi) is 4.30. The van der Waals surface area contributed by atoms with Crippen LogP contribution in [0.5, 0.6) is 0 Å². The smallest absolute Gasteiger partial charge is 0.00697 e. The van der Waals surface area contributed by atoms with Crippen molar-refractivity contribution in [2.45, 2.75) is 70.3 Å². The van der Waals surface area contributed by atoms with E-state index in [-0.39, 0.29) is 0 Å². The van der Waals surface area contributed by atoms with E-state index in [0.29, 0.717) is 0 Å². The Bertz CT molecular complexity index is 141. The molecule has 1 aliphatic carbocycles. The van der Waals surface area contributed by atoms with Crippen molar-refractivity contribution in [3.8, 4) is 0 Å². The molecule has 1 heterocycles. The second-order valence-corrected chi connectivity index (χ2v) is 5.24. The Hall–Kier alpha value is -0.0400. The van der Waals surface area contributed by atoms with Gasteiger partial charge in [0.05, 0.1) is 0 Å². The van der Waals surface area contributed by atoms with E-state index in [1.54, 1.807) is 0 Å². The van der Waals surface area contributed by atoms with Crippen molar-refractivity contribution in [1.29, 1.82) is 0 Å². The van der Waals surface area contributed by atoms with Crippen LogP contribution in [-0.4, -0.2) is 12.6 Å². The standard InChI is InChI=1S/C13H25N/c1-2-4-8-12(7-3-1)11-13-9-5-6-10-14-13/h12-14H,1-11H2. The van der Waals surface area contributed by atoms with Crippen molar-refractivity contribution in [2.75, 3.05) is 6.54 Å². The third kappa shape index (κ3) is 3.27. The van der Waals surface area contributed by atoms with Crippen molar-refractivity contribution in [2.24, 2.45) is 5.92 Å². The monoisotopic (exact) mass is 195 g/mol. The Balaban J connectivity index is 1.71. The molecule has 0 radical (unpaired) electrons. The van der Waals surface area contributed by atoms with Crippen molar-refractivity contribution >= 4 is 0 Å². The summed E-state index contributed by atoms with van der Waals surface area (Å²) in [6.07, 6.45) is 14.8. The van der Waals surface area contributed by atoms with Crippen LogP contribution >= 0.6 is 0 Å². The summed E-state index contributed by atoms with van der Waals surface area (Å²) in [5, 5.41) is 3.69. The van der Waals surface area contributed by atoms with E-state index in [2.05, 4.69) is 5.32 Å². The second kappa shape index (κ2) is 5.75. The Labute approximate surface area is 88.7 Å². The molecule has 0 bridgehead atoms. The van der Waals surface area contributed by atoms with Crippen LogP contribution in [0, 0.1) is 5.92 Å². The molecule has 2 aliphatic rings. The summed E-state index contributed by atoms with van der Waals surface area (Å²) in [5.74, 6) is 1.05. The minimum absolute atomic E-state index is 0.867. The molecule has 0 aromatic rings. The van der Waals surface area contributed by atoms with E-state index >= 15 is 0 Å². The summed E-state index contributed by atoms with van der Waals surface area (Å²) >= 11 is 0. The lowest BCUT2D eigenvalue weighted by Gasteiger charge is -2.27. The van der Waals surface area contributed by atoms with Gasteiger partial charge in [-0.15, -0.1) is 0 Å². The van der Waals surface area contributed by atoms with Gasteiger partial charge in [0.25, 0.3) is 0 Å². The van der Waals surface area contributed by atoms with Crippen molar-refractivity contribution in [1.82, 2.24) is 5.32 Å². The lowest BCUT2D eigenvalue weighted by atomic mass is 9.89. The molecule has 1 atom stereocenters. The predicted octanol–water partition coefficient (Wildman–Crippen LogP) is 3.49. The van der Waals surface area contributed by atoms with Gasteiger partial charge in [0.1, 0.15) is 0 Å². The van der Waals surface area contributed by atoms with Gasteiger partial charge in [0, 0.05) is 6.04 Å². The van der Waals surface area contributed by atoms with Gasteiger partial charge >= 0.3 is 0 Å². The highest BCUT2D eigenvalue weighted by atomic mass is 14.9. The maximum Gasteiger partial charge on any atom is 0.00697 e. The maximum atomic E-state index is 3.69. The van der Waals surface area contributed by atoms with E-state index in [1.165, 1.54) is 70.8 Å². The normalized spacial score (nSPS) is 31.3. The number of nitrogens with one attached hydrogen (secondary N) is 1. The lowest BCUT2D eigenvalue weighted by Crippen LogP contribution is -2.35. The van der Waals surface area contributed by atoms with Crippen LogP contribution in [0.3, 0.4) is 0 Å². The van der Waals surface area contributed by atoms with E-state index in [9.17, 15) is 0 Å². The average Bonchev–Trinajstić information content (AvgIpc) is 2.48.